The highest BCUT2D eigenvalue weighted by atomic mass is 16.1. The molecule has 1 rings (SSSR count). The number of hydrogen-bond acceptors (Lipinski definition) is 3. The van der Waals surface area contributed by atoms with Crippen LogP contribution >= 0.6 is 0 Å². The normalized spacial score (nSPS) is 9.88. The Morgan fingerprint density at radius 3 is 2.88 bits per heavy atom. The number of nitrogens with one attached hydrogen (secondary N) is 2. The molecule has 2 N–H and O–H groups in total. The minimum Gasteiger partial charge on any atom is -0.373 e. The molecule has 4 nitrogen and oxygen atoms in total. The standard InChI is InChI=1S/C12H19N3O/c1-3-4-5-9-14-12(16)10-7-6-8-11(13-2)15-10/h6-8H,3-5,9H2,1-2H3,(H,13,15)(H,14,16). The zero-order valence-electron chi connectivity index (χ0n) is 9.92. The summed E-state index contributed by atoms with van der Waals surface area (Å²) in [6, 6.07) is 5.36. The molecule has 0 atom stereocenters. The van der Waals surface area contributed by atoms with E-state index in [0.29, 0.717) is 11.5 Å². The van der Waals surface area contributed by atoms with E-state index in [-0.39, 0.29) is 5.91 Å². The van der Waals surface area contributed by atoms with Crippen LogP contribution in [-0.4, -0.2) is 24.5 Å². The lowest BCUT2D eigenvalue weighted by molar-refractivity contribution is 0.0948. The number of nitrogens with zero attached hydrogens (tertiary/aromatic N) is 1. The molecule has 0 aromatic carbocycles. The number of carbonyl (C=O) groups excluding carboxylic acids is 1. The highest BCUT2D eigenvalue weighted by Gasteiger charge is 2.06. The highest BCUT2D eigenvalue weighted by Crippen LogP contribution is 2.03. The Hall–Kier alpha value is -1.58. The first-order valence-corrected chi connectivity index (χ1v) is 5.71. The lowest BCUT2D eigenvalue weighted by Gasteiger charge is -2.05. The molecule has 4 heteroatoms. The molecule has 0 radical (unpaired) electrons. The predicted molar refractivity (Wildman–Crippen MR) is 65.6 cm³/mol. The van der Waals surface area contributed by atoms with Gasteiger partial charge in [0.2, 0.25) is 0 Å². The second kappa shape index (κ2) is 6.82. The van der Waals surface area contributed by atoms with E-state index in [0.717, 1.165) is 25.8 Å². The molecular weight excluding hydrogens is 202 g/mol. The number of amides is 1. The smallest absolute Gasteiger partial charge is 0.269 e. The number of anilines is 1. The van der Waals surface area contributed by atoms with Crippen molar-refractivity contribution < 1.29 is 4.79 Å². The van der Waals surface area contributed by atoms with Crippen LogP contribution in [0.1, 0.15) is 36.7 Å². The van der Waals surface area contributed by atoms with Crippen LogP contribution in [0.15, 0.2) is 18.2 Å². The molecule has 88 valence electrons. The maximum atomic E-state index is 11.7. The lowest BCUT2D eigenvalue weighted by atomic mass is 10.2. The average molecular weight is 221 g/mol. The summed E-state index contributed by atoms with van der Waals surface area (Å²) in [6.45, 7) is 2.86. The Balaban J connectivity index is 2.46. The molecule has 16 heavy (non-hydrogen) atoms. The fraction of sp³-hybridized carbons (Fsp3) is 0.500. The summed E-state index contributed by atoms with van der Waals surface area (Å²) in [6.07, 6.45) is 3.32. The van der Waals surface area contributed by atoms with Crippen LogP contribution in [0.3, 0.4) is 0 Å². The summed E-state index contributed by atoms with van der Waals surface area (Å²) in [5.74, 6) is 0.606. The van der Waals surface area contributed by atoms with Gasteiger partial charge in [-0.1, -0.05) is 25.8 Å². The van der Waals surface area contributed by atoms with Crippen molar-refractivity contribution in [2.24, 2.45) is 0 Å². The molecular formula is C12H19N3O. The summed E-state index contributed by atoms with van der Waals surface area (Å²) >= 11 is 0. The molecule has 0 spiro atoms. The minimum absolute atomic E-state index is 0.104. The van der Waals surface area contributed by atoms with Crippen LogP contribution in [0.25, 0.3) is 0 Å². The number of unbranched alkanes of at least 4 members (excludes halogenated alkanes) is 2. The van der Waals surface area contributed by atoms with Crippen molar-refractivity contribution in [3.63, 3.8) is 0 Å². The molecule has 0 saturated carbocycles. The van der Waals surface area contributed by atoms with Crippen LogP contribution in [-0.2, 0) is 0 Å². The van der Waals surface area contributed by atoms with Crippen molar-refractivity contribution in [2.75, 3.05) is 18.9 Å². The average Bonchev–Trinajstić information content (AvgIpc) is 2.34. The van der Waals surface area contributed by atoms with Gasteiger partial charge in [-0.15, -0.1) is 0 Å². The summed E-state index contributed by atoms with van der Waals surface area (Å²) in [5.41, 5.74) is 0.461. The van der Waals surface area contributed by atoms with Crippen LogP contribution in [0, 0.1) is 0 Å². The number of hydrogen-bond donors (Lipinski definition) is 2. The highest BCUT2D eigenvalue weighted by molar-refractivity contribution is 5.92. The monoisotopic (exact) mass is 221 g/mol. The third-order valence-electron chi connectivity index (χ3n) is 2.30. The minimum atomic E-state index is -0.104. The van der Waals surface area contributed by atoms with Gasteiger partial charge in [-0.3, -0.25) is 4.79 Å². The molecule has 0 aliphatic heterocycles. The van der Waals surface area contributed by atoms with Gasteiger partial charge >= 0.3 is 0 Å². The molecule has 1 amide bonds. The molecule has 0 unspecified atom stereocenters. The van der Waals surface area contributed by atoms with Gasteiger partial charge in [0.15, 0.2) is 0 Å². The van der Waals surface area contributed by atoms with Crippen LogP contribution < -0.4 is 10.6 Å². The van der Waals surface area contributed by atoms with E-state index in [1.54, 1.807) is 13.1 Å². The lowest BCUT2D eigenvalue weighted by Crippen LogP contribution is -2.25. The van der Waals surface area contributed by atoms with E-state index in [4.69, 9.17) is 0 Å². The number of pyridine rings is 1. The first-order chi connectivity index (χ1) is 7.77. The second-order valence-corrected chi connectivity index (χ2v) is 3.62. The van der Waals surface area contributed by atoms with Crippen molar-refractivity contribution in [3.05, 3.63) is 23.9 Å². The molecule has 1 heterocycles. The van der Waals surface area contributed by atoms with Crippen molar-refractivity contribution in [1.82, 2.24) is 10.3 Å². The molecule has 0 saturated heterocycles. The van der Waals surface area contributed by atoms with Gasteiger partial charge < -0.3 is 10.6 Å². The molecule has 0 aliphatic carbocycles. The predicted octanol–water partition coefficient (Wildman–Crippen LogP) is 2.04. The molecule has 1 aromatic rings. The van der Waals surface area contributed by atoms with Crippen molar-refractivity contribution in [3.8, 4) is 0 Å². The van der Waals surface area contributed by atoms with E-state index < -0.39 is 0 Å². The Bertz CT molecular complexity index is 339. The number of aromatic nitrogens is 1. The third-order valence-corrected chi connectivity index (χ3v) is 2.30. The first kappa shape index (κ1) is 12.5. The van der Waals surface area contributed by atoms with Gasteiger partial charge in [0.1, 0.15) is 11.5 Å². The Morgan fingerprint density at radius 1 is 1.38 bits per heavy atom. The van der Waals surface area contributed by atoms with Crippen LogP contribution in [0.4, 0.5) is 5.82 Å². The van der Waals surface area contributed by atoms with E-state index >= 15 is 0 Å². The van der Waals surface area contributed by atoms with E-state index in [9.17, 15) is 4.79 Å². The quantitative estimate of drug-likeness (QED) is 0.723. The van der Waals surface area contributed by atoms with Crippen LogP contribution in [0.5, 0.6) is 0 Å². The van der Waals surface area contributed by atoms with Gasteiger partial charge in [0.25, 0.3) is 5.91 Å². The maximum Gasteiger partial charge on any atom is 0.269 e. The Kier molecular flexibility index (Phi) is 5.32. The van der Waals surface area contributed by atoms with Crippen molar-refractivity contribution in [2.45, 2.75) is 26.2 Å². The Labute approximate surface area is 96.5 Å². The van der Waals surface area contributed by atoms with Crippen LogP contribution in [0.2, 0.25) is 0 Å². The largest absolute Gasteiger partial charge is 0.373 e. The molecule has 0 fully saturated rings. The summed E-state index contributed by atoms with van der Waals surface area (Å²) in [5, 5.41) is 5.76. The van der Waals surface area contributed by atoms with Gasteiger partial charge in [-0.25, -0.2) is 4.98 Å². The number of rotatable bonds is 6. The third kappa shape index (κ3) is 3.88. The SMILES string of the molecule is CCCCCNC(=O)c1cccc(NC)n1. The summed E-state index contributed by atoms with van der Waals surface area (Å²) < 4.78 is 0. The zero-order valence-corrected chi connectivity index (χ0v) is 9.92. The number of carbonyl (C=O) groups is 1. The zero-order chi connectivity index (χ0) is 11.8. The summed E-state index contributed by atoms with van der Waals surface area (Å²) in [7, 11) is 1.78. The van der Waals surface area contributed by atoms with Gasteiger partial charge in [-0.2, -0.15) is 0 Å². The molecule has 0 aliphatic rings. The van der Waals surface area contributed by atoms with Gasteiger partial charge in [0.05, 0.1) is 0 Å². The van der Waals surface area contributed by atoms with E-state index in [1.807, 2.05) is 12.1 Å². The van der Waals surface area contributed by atoms with Crippen molar-refractivity contribution in [1.29, 1.82) is 0 Å². The fourth-order valence-electron chi connectivity index (χ4n) is 1.37. The van der Waals surface area contributed by atoms with Gasteiger partial charge in [0, 0.05) is 13.6 Å². The second-order valence-electron chi connectivity index (χ2n) is 3.62. The van der Waals surface area contributed by atoms with Gasteiger partial charge in [-0.05, 0) is 18.6 Å². The first-order valence-electron chi connectivity index (χ1n) is 5.71. The van der Waals surface area contributed by atoms with E-state index in [1.165, 1.54) is 0 Å². The summed E-state index contributed by atoms with van der Waals surface area (Å²) in [4.78, 5) is 15.8. The topological polar surface area (TPSA) is 54.0 Å². The fourth-order valence-corrected chi connectivity index (χ4v) is 1.37. The molecule has 1 aromatic heterocycles. The maximum absolute atomic E-state index is 11.7. The molecule has 0 bridgehead atoms. The van der Waals surface area contributed by atoms with Crippen molar-refractivity contribution >= 4 is 11.7 Å². The Morgan fingerprint density at radius 2 is 2.19 bits per heavy atom. The van der Waals surface area contributed by atoms with E-state index in [2.05, 4.69) is 22.5 Å².